The van der Waals surface area contributed by atoms with Gasteiger partial charge in [0.05, 0.1) is 5.69 Å². The van der Waals surface area contributed by atoms with Gasteiger partial charge in [-0.1, -0.05) is 31.9 Å². The molecule has 1 aromatic carbocycles. The zero-order chi connectivity index (χ0) is 14.7. The lowest BCUT2D eigenvalue weighted by atomic mass is 9.82. The molecule has 1 aliphatic rings. The van der Waals surface area contributed by atoms with Gasteiger partial charge < -0.3 is 5.32 Å². The Morgan fingerprint density at radius 3 is 2.52 bits per heavy atom. The Bertz CT molecular complexity index is 595. The summed E-state index contributed by atoms with van der Waals surface area (Å²) in [5.74, 6) is 0.178. The van der Waals surface area contributed by atoms with Crippen LogP contribution < -0.4 is 5.32 Å². The summed E-state index contributed by atoms with van der Waals surface area (Å²) in [6.45, 7) is 2.12. The van der Waals surface area contributed by atoms with Crippen molar-refractivity contribution in [3.63, 3.8) is 0 Å². The van der Waals surface area contributed by atoms with Crippen molar-refractivity contribution in [2.75, 3.05) is 5.32 Å². The SMILES string of the molecule is CCC1(C(=O)Nc2ccc(-c3ccn[nH]3)cc2)CCCC1. The fourth-order valence-corrected chi connectivity index (χ4v) is 3.21. The van der Waals surface area contributed by atoms with Crippen molar-refractivity contribution in [3.8, 4) is 11.3 Å². The highest BCUT2D eigenvalue weighted by molar-refractivity contribution is 5.95. The molecule has 0 aliphatic heterocycles. The first-order valence-corrected chi connectivity index (χ1v) is 7.65. The van der Waals surface area contributed by atoms with E-state index in [9.17, 15) is 4.79 Å². The van der Waals surface area contributed by atoms with Gasteiger partial charge in [-0.2, -0.15) is 5.10 Å². The van der Waals surface area contributed by atoms with Crippen LogP contribution in [-0.4, -0.2) is 16.1 Å². The van der Waals surface area contributed by atoms with Crippen molar-refractivity contribution < 1.29 is 4.79 Å². The van der Waals surface area contributed by atoms with Gasteiger partial charge in [0, 0.05) is 17.3 Å². The highest BCUT2D eigenvalue weighted by Gasteiger charge is 2.39. The normalized spacial score (nSPS) is 16.8. The Morgan fingerprint density at radius 1 is 1.24 bits per heavy atom. The predicted molar refractivity (Wildman–Crippen MR) is 83.8 cm³/mol. The van der Waals surface area contributed by atoms with E-state index in [1.165, 1.54) is 12.8 Å². The Balaban J connectivity index is 1.72. The molecule has 0 unspecified atom stereocenters. The number of amides is 1. The molecule has 0 atom stereocenters. The van der Waals surface area contributed by atoms with Crippen molar-refractivity contribution in [1.82, 2.24) is 10.2 Å². The van der Waals surface area contributed by atoms with Gasteiger partial charge >= 0.3 is 0 Å². The van der Waals surface area contributed by atoms with E-state index in [2.05, 4.69) is 22.4 Å². The summed E-state index contributed by atoms with van der Waals surface area (Å²) in [6.07, 6.45) is 7.02. The number of hydrogen-bond donors (Lipinski definition) is 2. The number of benzene rings is 1. The second-order valence-electron chi connectivity index (χ2n) is 5.84. The number of nitrogens with zero attached hydrogens (tertiary/aromatic N) is 1. The number of rotatable bonds is 4. The largest absolute Gasteiger partial charge is 0.326 e. The predicted octanol–water partition coefficient (Wildman–Crippen LogP) is 3.99. The lowest BCUT2D eigenvalue weighted by Crippen LogP contribution is -2.33. The maximum atomic E-state index is 12.6. The van der Waals surface area contributed by atoms with Crippen LogP contribution in [0.2, 0.25) is 0 Å². The molecule has 1 saturated carbocycles. The smallest absolute Gasteiger partial charge is 0.230 e. The number of anilines is 1. The first-order chi connectivity index (χ1) is 10.2. The maximum Gasteiger partial charge on any atom is 0.230 e. The van der Waals surface area contributed by atoms with Crippen molar-refractivity contribution in [2.45, 2.75) is 39.0 Å². The molecule has 110 valence electrons. The van der Waals surface area contributed by atoms with Gasteiger partial charge in [-0.15, -0.1) is 0 Å². The molecule has 1 aromatic heterocycles. The van der Waals surface area contributed by atoms with Crippen LogP contribution in [0.3, 0.4) is 0 Å². The zero-order valence-electron chi connectivity index (χ0n) is 12.4. The van der Waals surface area contributed by atoms with E-state index in [0.29, 0.717) is 0 Å². The van der Waals surface area contributed by atoms with Crippen LogP contribution in [0.25, 0.3) is 11.3 Å². The number of nitrogens with one attached hydrogen (secondary N) is 2. The van der Waals surface area contributed by atoms with Gasteiger partial charge in [0.25, 0.3) is 0 Å². The summed E-state index contributed by atoms with van der Waals surface area (Å²) in [7, 11) is 0. The number of aromatic amines is 1. The van der Waals surface area contributed by atoms with Crippen LogP contribution in [0, 0.1) is 5.41 Å². The minimum absolute atomic E-state index is 0.151. The van der Waals surface area contributed by atoms with Crippen LogP contribution in [-0.2, 0) is 4.79 Å². The number of aromatic nitrogens is 2. The highest BCUT2D eigenvalue weighted by Crippen LogP contribution is 2.41. The third-order valence-corrected chi connectivity index (χ3v) is 4.67. The summed E-state index contributed by atoms with van der Waals surface area (Å²) in [5.41, 5.74) is 2.76. The Kier molecular flexibility index (Phi) is 3.78. The molecule has 1 aliphatic carbocycles. The Labute approximate surface area is 125 Å². The molecular weight excluding hydrogens is 262 g/mol. The molecule has 1 heterocycles. The molecule has 0 radical (unpaired) electrons. The molecule has 1 fully saturated rings. The zero-order valence-corrected chi connectivity index (χ0v) is 12.4. The standard InChI is InChI=1S/C17H21N3O/c1-2-17(10-3-4-11-17)16(21)19-14-7-5-13(6-8-14)15-9-12-18-20-15/h5-9,12H,2-4,10-11H2,1H3,(H,18,20)(H,19,21). The van der Waals surface area contributed by atoms with Crippen molar-refractivity contribution in [2.24, 2.45) is 5.41 Å². The van der Waals surface area contributed by atoms with E-state index in [1.807, 2.05) is 30.3 Å². The Morgan fingerprint density at radius 2 is 1.95 bits per heavy atom. The number of carbonyl (C=O) groups is 1. The van der Waals surface area contributed by atoms with Gasteiger partial charge in [-0.25, -0.2) is 0 Å². The van der Waals surface area contributed by atoms with Gasteiger partial charge in [-0.05, 0) is 43.0 Å². The van der Waals surface area contributed by atoms with E-state index < -0.39 is 0 Å². The monoisotopic (exact) mass is 283 g/mol. The van der Waals surface area contributed by atoms with Crippen molar-refractivity contribution >= 4 is 11.6 Å². The highest BCUT2D eigenvalue weighted by atomic mass is 16.2. The van der Waals surface area contributed by atoms with Crippen molar-refractivity contribution in [1.29, 1.82) is 0 Å². The molecule has 0 spiro atoms. The molecule has 3 rings (SSSR count). The summed E-state index contributed by atoms with van der Waals surface area (Å²) in [6, 6.07) is 9.82. The molecule has 0 saturated heterocycles. The average Bonchev–Trinajstić information content (AvgIpc) is 3.20. The average molecular weight is 283 g/mol. The van der Waals surface area contributed by atoms with Crippen LogP contribution in [0.5, 0.6) is 0 Å². The van der Waals surface area contributed by atoms with Gasteiger partial charge in [-0.3, -0.25) is 9.89 Å². The topological polar surface area (TPSA) is 57.8 Å². The number of hydrogen-bond acceptors (Lipinski definition) is 2. The maximum absolute atomic E-state index is 12.6. The molecule has 2 N–H and O–H groups in total. The van der Waals surface area contributed by atoms with E-state index in [-0.39, 0.29) is 11.3 Å². The number of carbonyl (C=O) groups excluding carboxylic acids is 1. The van der Waals surface area contributed by atoms with Crippen LogP contribution in [0.4, 0.5) is 5.69 Å². The van der Waals surface area contributed by atoms with E-state index in [0.717, 1.165) is 36.2 Å². The fraction of sp³-hybridized carbons (Fsp3) is 0.412. The quantitative estimate of drug-likeness (QED) is 0.891. The van der Waals surface area contributed by atoms with Gasteiger partial charge in [0.1, 0.15) is 0 Å². The Hall–Kier alpha value is -2.10. The van der Waals surface area contributed by atoms with Crippen LogP contribution in [0.15, 0.2) is 36.5 Å². The molecule has 4 nitrogen and oxygen atoms in total. The van der Waals surface area contributed by atoms with Crippen molar-refractivity contribution in [3.05, 3.63) is 36.5 Å². The minimum atomic E-state index is -0.151. The van der Waals surface area contributed by atoms with E-state index >= 15 is 0 Å². The molecule has 0 bridgehead atoms. The molecule has 4 heteroatoms. The lowest BCUT2D eigenvalue weighted by molar-refractivity contribution is -0.125. The van der Waals surface area contributed by atoms with Crippen LogP contribution in [0.1, 0.15) is 39.0 Å². The minimum Gasteiger partial charge on any atom is -0.326 e. The first-order valence-electron chi connectivity index (χ1n) is 7.65. The lowest BCUT2D eigenvalue weighted by Gasteiger charge is -2.26. The molecular formula is C17H21N3O. The van der Waals surface area contributed by atoms with E-state index in [1.54, 1.807) is 6.20 Å². The molecule has 1 amide bonds. The second kappa shape index (κ2) is 5.72. The van der Waals surface area contributed by atoms with Gasteiger partial charge in [0.2, 0.25) is 5.91 Å². The van der Waals surface area contributed by atoms with Gasteiger partial charge in [0.15, 0.2) is 0 Å². The number of H-pyrrole nitrogens is 1. The summed E-state index contributed by atoms with van der Waals surface area (Å²) in [4.78, 5) is 12.6. The van der Waals surface area contributed by atoms with Crippen LogP contribution >= 0.6 is 0 Å². The third kappa shape index (κ3) is 2.71. The first kappa shape index (κ1) is 13.9. The molecule has 21 heavy (non-hydrogen) atoms. The third-order valence-electron chi connectivity index (χ3n) is 4.67. The summed E-state index contributed by atoms with van der Waals surface area (Å²) in [5, 5.41) is 9.97. The fourth-order valence-electron chi connectivity index (χ4n) is 3.21. The second-order valence-corrected chi connectivity index (χ2v) is 5.84. The van der Waals surface area contributed by atoms with E-state index in [4.69, 9.17) is 0 Å². The summed E-state index contributed by atoms with van der Waals surface area (Å²) < 4.78 is 0. The summed E-state index contributed by atoms with van der Waals surface area (Å²) >= 11 is 0. The molecule has 2 aromatic rings.